The van der Waals surface area contributed by atoms with E-state index in [1.807, 2.05) is 31.2 Å². The normalized spacial score (nSPS) is 13.5. The third kappa shape index (κ3) is 2.45. The number of hydrogen-bond donors (Lipinski definition) is 0. The molecule has 3 nitrogen and oxygen atoms in total. The molecule has 0 bridgehead atoms. The van der Waals surface area contributed by atoms with E-state index in [2.05, 4.69) is 10.1 Å². The van der Waals surface area contributed by atoms with E-state index < -0.39 is 12.1 Å². The van der Waals surface area contributed by atoms with E-state index in [4.69, 9.17) is 0 Å². The van der Waals surface area contributed by atoms with Crippen molar-refractivity contribution in [3.8, 4) is 5.69 Å². The van der Waals surface area contributed by atoms with Crippen LogP contribution in [-0.2, 0) is 0 Å². The minimum atomic E-state index is -4.29. The number of aromatic nitrogens is 3. The largest absolute Gasteiger partial charge is 0.395 e. The number of nitrogens with zero attached hydrogens (tertiary/aromatic N) is 3. The Morgan fingerprint density at radius 2 is 1.86 bits per heavy atom. The van der Waals surface area contributed by atoms with E-state index in [0.717, 1.165) is 23.5 Å². The number of pyridine rings is 1. The summed E-state index contributed by atoms with van der Waals surface area (Å²) in [7, 11) is 0. The summed E-state index contributed by atoms with van der Waals surface area (Å²) in [5.74, 6) is -1.57. The van der Waals surface area contributed by atoms with Crippen molar-refractivity contribution in [1.82, 2.24) is 14.8 Å². The summed E-state index contributed by atoms with van der Waals surface area (Å²) < 4.78 is 40.3. The predicted octanol–water partition coefficient (Wildman–Crippen LogP) is 4.39. The van der Waals surface area contributed by atoms with Gasteiger partial charge in [-0.05, 0) is 31.5 Å². The van der Waals surface area contributed by atoms with Gasteiger partial charge in [-0.3, -0.25) is 4.98 Å². The van der Waals surface area contributed by atoms with Crippen LogP contribution in [0.3, 0.4) is 0 Å². The molecule has 0 aliphatic carbocycles. The maximum atomic E-state index is 12.9. The molecule has 114 valence electrons. The molecule has 0 spiro atoms. The maximum absolute atomic E-state index is 12.9. The number of alkyl halides is 3. The fraction of sp³-hybridized carbons (Fsp3) is 0.250. The lowest BCUT2D eigenvalue weighted by molar-refractivity contribution is -0.146. The van der Waals surface area contributed by atoms with Gasteiger partial charge in [-0.2, -0.15) is 18.3 Å². The van der Waals surface area contributed by atoms with Crippen LogP contribution in [0.2, 0.25) is 0 Å². The molecule has 6 heteroatoms. The number of halogens is 3. The molecule has 1 aromatic carbocycles. The van der Waals surface area contributed by atoms with Crippen molar-refractivity contribution < 1.29 is 13.2 Å². The summed E-state index contributed by atoms with van der Waals surface area (Å²) in [6.07, 6.45) is -1.52. The van der Waals surface area contributed by atoms with Crippen LogP contribution in [0.25, 0.3) is 16.6 Å². The Balaban J connectivity index is 2.12. The Labute approximate surface area is 125 Å². The molecule has 22 heavy (non-hydrogen) atoms. The van der Waals surface area contributed by atoms with Crippen molar-refractivity contribution in [3.63, 3.8) is 0 Å². The minimum Gasteiger partial charge on any atom is -0.262 e. The van der Waals surface area contributed by atoms with E-state index >= 15 is 0 Å². The van der Waals surface area contributed by atoms with Crippen LogP contribution in [-0.4, -0.2) is 20.9 Å². The Morgan fingerprint density at radius 3 is 2.59 bits per heavy atom. The van der Waals surface area contributed by atoms with Gasteiger partial charge in [0.1, 0.15) is 0 Å². The second kappa shape index (κ2) is 5.12. The highest BCUT2D eigenvalue weighted by Gasteiger charge is 2.37. The highest BCUT2D eigenvalue weighted by atomic mass is 19.4. The first-order chi connectivity index (χ1) is 10.4. The lowest BCUT2D eigenvalue weighted by Crippen LogP contribution is -2.18. The van der Waals surface area contributed by atoms with Gasteiger partial charge in [-0.25, -0.2) is 4.68 Å². The lowest BCUT2D eigenvalue weighted by atomic mass is 10.0. The van der Waals surface area contributed by atoms with Gasteiger partial charge >= 0.3 is 6.18 Å². The fourth-order valence-corrected chi connectivity index (χ4v) is 2.41. The zero-order valence-electron chi connectivity index (χ0n) is 12.1. The SMILES string of the molecule is Cc1nn(-c2cncc(C(C)C(F)(F)F)c2)c2ccccc12. The molecule has 0 aliphatic rings. The third-order valence-electron chi connectivity index (χ3n) is 3.75. The van der Waals surface area contributed by atoms with E-state index in [1.54, 1.807) is 4.68 Å². The smallest absolute Gasteiger partial charge is 0.262 e. The second-order valence-electron chi connectivity index (χ2n) is 5.25. The van der Waals surface area contributed by atoms with Crippen LogP contribution in [0.5, 0.6) is 0 Å². The molecule has 0 saturated carbocycles. The zero-order valence-corrected chi connectivity index (χ0v) is 12.1. The first-order valence-electron chi connectivity index (χ1n) is 6.84. The highest BCUT2D eigenvalue weighted by Crippen LogP contribution is 2.34. The number of hydrogen-bond acceptors (Lipinski definition) is 2. The van der Waals surface area contributed by atoms with Crippen LogP contribution >= 0.6 is 0 Å². The molecular formula is C16H14F3N3. The van der Waals surface area contributed by atoms with Crippen LogP contribution in [0, 0.1) is 6.92 Å². The van der Waals surface area contributed by atoms with Gasteiger partial charge in [-0.1, -0.05) is 18.2 Å². The second-order valence-corrected chi connectivity index (χ2v) is 5.25. The number of rotatable bonds is 2. The van der Waals surface area contributed by atoms with Crippen molar-refractivity contribution >= 4 is 10.9 Å². The van der Waals surface area contributed by atoms with Crippen LogP contribution in [0.4, 0.5) is 13.2 Å². The monoisotopic (exact) mass is 305 g/mol. The Morgan fingerprint density at radius 1 is 1.14 bits per heavy atom. The molecule has 3 rings (SSSR count). The average Bonchev–Trinajstić information content (AvgIpc) is 2.83. The van der Waals surface area contributed by atoms with Gasteiger partial charge in [0.15, 0.2) is 0 Å². The van der Waals surface area contributed by atoms with Crippen molar-refractivity contribution in [1.29, 1.82) is 0 Å². The maximum Gasteiger partial charge on any atom is 0.395 e. The lowest BCUT2D eigenvalue weighted by Gasteiger charge is -2.16. The van der Waals surface area contributed by atoms with Gasteiger partial charge in [0.05, 0.1) is 29.0 Å². The van der Waals surface area contributed by atoms with Gasteiger partial charge in [0.2, 0.25) is 0 Å². The summed E-state index contributed by atoms with van der Waals surface area (Å²) >= 11 is 0. The molecule has 3 aromatic rings. The first kappa shape index (κ1) is 14.6. The molecule has 0 saturated heterocycles. The van der Waals surface area contributed by atoms with Gasteiger partial charge in [0, 0.05) is 11.6 Å². The molecule has 1 atom stereocenters. The molecule has 0 amide bonds. The van der Waals surface area contributed by atoms with E-state index in [9.17, 15) is 13.2 Å². The van der Waals surface area contributed by atoms with E-state index in [0.29, 0.717) is 5.69 Å². The van der Waals surface area contributed by atoms with Crippen LogP contribution in [0.1, 0.15) is 24.1 Å². The molecule has 2 heterocycles. The van der Waals surface area contributed by atoms with Crippen molar-refractivity contribution in [2.45, 2.75) is 25.9 Å². The van der Waals surface area contributed by atoms with E-state index in [1.165, 1.54) is 18.5 Å². The van der Waals surface area contributed by atoms with Crippen LogP contribution < -0.4 is 0 Å². The number of fused-ring (bicyclic) bond motifs is 1. The number of benzene rings is 1. The molecule has 1 unspecified atom stereocenters. The number of aryl methyl sites for hydroxylation is 1. The Bertz CT molecular complexity index is 821. The third-order valence-corrected chi connectivity index (χ3v) is 3.75. The molecule has 2 aromatic heterocycles. The quantitative estimate of drug-likeness (QED) is 0.703. The standard InChI is InChI=1S/C16H14F3N3/c1-10(16(17,18)19)12-7-13(9-20-8-12)22-15-6-4-3-5-14(15)11(2)21-22/h3-10H,1-2H3. The highest BCUT2D eigenvalue weighted by molar-refractivity contribution is 5.83. The Kier molecular flexibility index (Phi) is 3.39. The predicted molar refractivity (Wildman–Crippen MR) is 78.1 cm³/mol. The summed E-state index contributed by atoms with van der Waals surface area (Å²) in [6, 6.07) is 9.08. The van der Waals surface area contributed by atoms with Crippen molar-refractivity contribution in [3.05, 3.63) is 54.0 Å². The zero-order chi connectivity index (χ0) is 15.9. The first-order valence-corrected chi connectivity index (χ1v) is 6.84. The topological polar surface area (TPSA) is 30.7 Å². The molecule has 0 N–H and O–H groups in total. The van der Waals surface area contributed by atoms with Gasteiger partial charge < -0.3 is 0 Å². The van der Waals surface area contributed by atoms with E-state index in [-0.39, 0.29) is 5.56 Å². The summed E-state index contributed by atoms with van der Waals surface area (Å²) in [5.41, 5.74) is 2.32. The van der Waals surface area contributed by atoms with Crippen molar-refractivity contribution in [2.75, 3.05) is 0 Å². The van der Waals surface area contributed by atoms with Gasteiger partial charge in [-0.15, -0.1) is 0 Å². The molecule has 0 radical (unpaired) electrons. The van der Waals surface area contributed by atoms with Crippen LogP contribution in [0.15, 0.2) is 42.7 Å². The summed E-state index contributed by atoms with van der Waals surface area (Å²) in [6.45, 7) is 3.00. The van der Waals surface area contributed by atoms with Crippen molar-refractivity contribution in [2.24, 2.45) is 0 Å². The summed E-state index contributed by atoms with van der Waals surface area (Å²) in [5, 5.41) is 5.39. The molecule has 0 aliphatic heterocycles. The van der Waals surface area contributed by atoms with Gasteiger partial charge in [0.25, 0.3) is 0 Å². The fourth-order valence-electron chi connectivity index (χ4n) is 2.41. The number of para-hydroxylation sites is 1. The average molecular weight is 305 g/mol. The minimum absolute atomic E-state index is 0.127. The molecule has 0 fully saturated rings. The summed E-state index contributed by atoms with van der Waals surface area (Å²) in [4.78, 5) is 3.95. The molecular weight excluding hydrogens is 291 g/mol. The Hall–Kier alpha value is -2.37.